The number of hydrogen-bond acceptors (Lipinski definition) is 9. The van der Waals surface area contributed by atoms with Crippen LogP contribution < -0.4 is 14.8 Å². The average molecular weight is 776 g/mol. The average Bonchev–Trinajstić information content (AvgIpc) is 3.92. The second-order valence-corrected chi connectivity index (χ2v) is 18.8. The van der Waals surface area contributed by atoms with Crippen molar-refractivity contribution in [1.82, 2.24) is 29.4 Å². The first-order valence-corrected chi connectivity index (χ1v) is 21.3. The molecule has 304 valence electrons. The highest BCUT2D eigenvalue weighted by Gasteiger charge is 2.55. The third kappa shape index (κ3) is 7.75. The molecule has 3 saturated carbocycles. The van der Waals surface area contributed by atoms with E-state index < -0.39 is 5.79 Å². The van der Waals surface area contributed by atoms with Crippen LogP contribution in [0.5, 0.6) is 11.5 Å². The maximum Gasteiger partial charge on any atom is 0.163 e. The number of methoxy groups -OCH3 is 2. The van der Waals surface area contributed by atoms with Gasteiger partial charge in [0.05, 0.1) is 42.8 Å². The number of aromatic nitrogens is 5. The first kappa shape index (κ1) is 38.3. The number of nitrogens with one attached hydrogen (secondary N) is 2. The monoisotopic (exact) mass is 775 g/mol. The van der Waals surface area contributed by atoms with Crippen LogP contribution in [0.3, 0.4) is 0 Å². The smallest absolute Gasteiger partial charge is 0.163 e. The Morgan fingerprint density at radius 2 is 1.77 bits per heavy atom. The summed E-state index contributed by atoms with van der Waals surface area (Å²) in [7, 11) is 3.35. The van der Waals surface area contributed by atoms with Crippen LogP contribution in [0.2, 0.25) is 0 Å². The number of hydrogen-bond donors (Lipinski definition) is 2. The van der Waals surface area contributed by atoms with Crippen molar-refractivity contribution in [3.63, 3.8) is 0 Å². The lowest BCUT2D eigenvalue weighted by Crippen LogP contribution is -2.50. The molecule has 5 aromatic rings. The van der Waals surface area contributed by atoms with E-state index in [1.807, 2.05) is 18.2 Å². The topological polar surface area (TPSA) is 112 Å². The second kappa shape index (κ2) is 15.2. The van der Waals surface area contributed by atoms with Gasteiger partial charge in [-0.15, -0.1) is 0 Å². The maximum atomic E-state index is 6.77. The van der Waals surface area contributed by atoms with Gasteiger partial charge in [-0.25, -0.2) is 15.0 Å². The lowest BCUT2D eigenvalue weighted by molar-refractivity contribution is -0.161. The number of nitrogens with zero attached hydrogens (tertiary/aromatic N) is 5. The largest absolute Gasteiger partial charge is 0.497 e. The van der Waals surface area contributed by atoms with Gasteiger partial charge in [-0.2, -0.15) is 0 Å². The van der Waals surface area contributed by atoms with E-state index in [0.29, 0.717) is 18.5 Å². The van der Waals surface area contributed by atoms with Gasteiger partial charge < -0.3 is 33.8 Å². The fourth-order valence-corrected chi connectivity index (χ4v) is 9.96. The molecule has 4 atom stereocenters. The summed E-state index contributed by atoms with van der Waals surface area (Å²) >= 11 is 0. The van der Waals surface area contributed by atoms with E-state index in [1.165, 1.54) is 50.6 Å². The van der Waals surface area contributed by atoms with Gasteiger partial charge in [0.2, 0.25) is 0 Å². The van der Waals surface area contributed by atoms with Crippen molar-refractivity contribution in [2.75, 3.05) is 32.6 Å². The SMILES string of the molecule is COc1ccc(CNc2ncnc3c2ccn3[C@@H]2C[C@H](CN(CC3CCC3)[C@H]3C[C@@H](CCc4nc5cc(C(C)(C)C)ccc5[nH]4)C3)[C@H]3OC(C)(C)O[C@H]32)c(OC)c1. The molecule has 0 amide bonds. The molecule has 2 N–H and O–H groups in total. The number of rotatable bonds is 14. The molecule has 0 radical (unpaired) electrons. The van der Waals surface area contributed by atoms with Gasteiger partial charge in [-0.3, -0.25) is 4.90 Å². The van der Waals surface area contributed by atoms with E-state index in [4.69, 9.17) is 28.9 Å². The van der Waals surface area contributed by atoms with Crippen molar-refractivity contribution in [1.29, 1.82) is 0 Å². The Kier molecular flexibility index (Phi) is 10.2. The Morgan fingerprint density at radius 3 is 2.53 bits per heavy atom. The normalized spacial score (nSPS) is 25.8. The Morgan fingerprint density at radius 1 is 0.947 bits per heavy atom. The number of aryl methyl sites for hydroxylation is 1. The molecule has 57 heavy (non-hydrogen) atoms. The minimum absolute atomic E-state index is 0.0380. The zero-order valence-corrected chi connectivity index (χ0v) is 34.9. The molecule has 0 bridgehead atoms. The van der Waals surface area contributed by atoms with E-state index in [1.54, 1.807) is 20.5 Å². The fourth-order valence-electron chi connectivity index (χ4n) is 9.96. The summed E-state index contributed by atoms with van der Waals surface area (Å²) in [5.74, 6) is 4.76. The third-order valence-electron chi connectivity index (χ3n) is 13.5. The Labute approximate surface area is 337 Å². The van der Waals surface area contributed by atoms with Crippen molar-refractivity contribution in [3.05, 3.63) is 71.9 Å². The lowest BCUT2D eigenvalue weighted by Gasteiger charge is -2.46. The van der Waals surface area contributed by atoms with Crippen LogP contribution in [0, 0.1) is 17.8 Å². The van der Waals surface area contributed by atoms with E-state index in [0.717, 1.165) is 82.0 Å². The lowest BCUT2D eigenvalue weighted by atomic mass is 9.75. The fraction of sp³-hybridized carbons (Fsp3) is 0.587. The van der Waals surface area contributed by atoms with E-state index >= 15 is 0 Å². The van der Waals surface area contributed by atoms with Crippen LogP contribution in [-0.2, 0) is 27.9 Å². The summed E-state index contributed by atoms with van der Waals surface area (Å²) < 4.78 is 26.9. The predicted molar refractivity (Wildman–Crippen MR) is 224 cm³/mol. The molecule has 3 aromatic heterocycles. The summed E-state index contributed by atoms with van der Waals surface area (Å²) in [4.78, 5) is 21.0. The van der Waals surface area contributed by atoms with Gasteiger partial charge in [0, 0.05) is 55.8 Å². The van der Waals surface area contributed by atoms with E-state index in [9.17, 15) is 0 Å². The van der Waals surface area contributed by atoms with Gasteiger partial charge in [0.15, 0.2) is 5.79 Å². The third-order valence-corrected chi connectivity index (χ3v) is 13.5. The molecule has 4 fully saturated rings. The van der Waals surface area contributed by atoms with Crippen molar-refractivity contribution >= 4 is 27.9 Å². The molecule has 0 unspecified atom stereocenters. The minimum atomic E-state index is -0.625. The molecule has 3 aliphatic carbocycles. The number of ether oxygens (including phenoxy) is 4. The Hall–Kier alpha value is -4.19. The Bertz CT molecular complexity index is 2200. The zero-order valence-electron chi connectivity index (χ0n) is 34.9. The molecule has 1 saturated heterocycles. The summed E-state index contributed by atoms with van der Waals surface area (Å²) in [6, 6.07) is 15.5. The number of fused-ring (bicyclic) bond motifs is 3. The van der Waals surface area contributed by atoms with Crippen LogP contribution in [0.25, 0.3) is 22.1 Å². The second-order valence-electron chi connectivity index (χ2n) is 18.8. The van der Waals surface area contributed by atoms with Crippen LogP contribution in [0.15, 0.2) is 55.0 Å². The molecule has 1 aliphatic heterocycles. The van der Waals surface area contributed by atoms with Gasteiger partial charge in [0.25, 0.3) is 0 Å². The maximum absolute atomic E-state index is 6.77. The number of benzene rings is 2. The van der Waals surface area contributed by atoms with Gasteiger partial charge in [-0.1, -0.05) is 33.3 Å². The number of H-pyrrole nitrogens is 1. The standard InChI is InChI=1S/C46H61N7O4/c1-45(2,3)32-13-15-36-37(22-32)51-40(50-36)16-11-29-19-33(20-29)52(25-28-9-8-10-28)26-31-21-38(42-41(31)56-46(4,5)57-42)53-18-17-35-43(48-27-49-44(35)53)47-24-30-12-14-34(54-6)23-39(30)55-7/h12-15,17-18,22-23,27-29,31,33,38,41-42H,8-11,16,19-21,24-26H2,1-7H3,(H,50,51)(H,47,48,49)/t29-,31-,33+,38-,41-,42+/m1/s1. The van der Waals surface area contributed by atoms with E-state index in [2.05, 4.69) is 89.8 Å². The van der Waals surface area contributed by atoms with Gasteiger partial charge in [0.1, 0.15) is 41.2 Å². The highest BCUT2D eigenvalue weighted by molar-refractivity contribution is 5.87. The van der Waals surface area contributed by atoms with Gasteiger partial charge >= 0.3 is 0 Å². The summed E-state index contributed by atoms with van der Waals surface area (Å²) in [5.41, 5.74) is 5.63. The highest BCUT2D eigenvalue weighted by atomic mass is 16.8. The number of imidazole rings is 1. The predicted octanol–water partition coefficient (Wildman–Crippen LogP) is 8.83. The van der Waals surface area contributed by atoms with Crippen LogP contribution >= 0.6 is 0 Å². The first-order chi connectivity index (χ1) is 27.4. The molecular weight excluding hydrogens is 715 g/mol. The molecule has 9 rings (SSSR count). The van der Waals surface area contributed by atoms with Crippen molar-refractivity contribution in [3.8, 4) is 11.5 Å². The molecular formula is C46H61N7O4. The van der Waals surface area contributed by atoms with Crippen molar-refractivity contribution < 1.29 is 18.9 Å². The number of aromatic amines is 1. The summed E-state index contributed by atoms with van der Waals surface area (Å²) in [6.07, 6.45) is 13.6. The van der Waals surface area contributed by atoms with Crippen LogP contribution in [0.1, 0.15) is 103 Å². The number of anilines is 1. The van der Waals surface area contributed by atoms with Gasteiger partial charge in [-0.05, 0) is 106 Å². The minimum Gasteiger partial charge on any atom is -0.497 e. The van der Waals surface area contributed by atoms with Crippen LogP contribution in [0.4, 0.5) is 5.82 Å². The van der Waals surface area contributed by atoms with E-state index in [-0.39, 0.29) is 23.7 Å². The van der Waals surface area contributed by atoms with Crippen molar-refractivity contribution in [2.24, 2.45) is 17.8 Å². The zero-order chi connectivity index (χ0) is 39.5. The molecule has 4 aliphatic rings. The first-order valence-electron chi connectivity index (χ1n) is 21.3. The Balaban J connectivity index is 0.879. The summed E-state index contributed by atoms with van der Waals surface area (Å²) in [6.45, 7) is 13.7. The molecule has 2 aromatic carbocycles. The quantitative estimate of drug-likeness (QED) is 0.114. The molecule has 0 spiro atoms. The van der Waals surface area contributed by atoms with Crippen molar-refractivity contribution in [2.45, 2.75) is 128 Å². The summed E-state index contributed by atoms with van der Waals surface area (Å²) in [5, 5.41) is 4.54. The molecule has 4 heterocycles. The highest BCUT2D eigenvalue weighted by Crippen LogP contribution is 2.49. The molecule has 11 nitrogen and oxygen atoms in total. The molecule has 11 heteroatoms. The van der Waals surface area contributed by atoms with Crippen LogP contribution in [-0.4, -0.2) is 80.7 Å².